The number of nitrogens with two attached hydrogens (primary N) is 1. The summed E-state index contributed by atoms with van der Waals surface area (Å²) in [6.07, 6.45) is 1.53. The molecule has 0 aromatic heterocycles. The van der Waals surface area contributed by atoms with E-state index in [-0.39, 0.29) is 0 Å². The molecule has 4 heteroatoms. The number of hydrogen-bond donors (Lipinski definition) is 1. The lowest BCUT2D eigenvalue weighted by atomic mass is 12.0. The second-order valence-electron chi connectivity index (χ2n) is 0.498. The fourth-order valence-electron chi connectivity index (χ4n) is 0. The first-order valence-electron chi connectivity index (χ1n) is 0.977. The Labute approximate surface area is 37.1 Å². The Morgan fingerprint density at radius 1 is 2.00 bits per heavy atom. The highest BCUT2D eigenvalue weighted by molar-refractivity contribution is 8.68. The maximum Gasteiger partial charge on any atom is 0.0922 e. The molecule has 0 heterocycles. The van der Waals surface area contributed by atoms with Crippen LogP contribution in [0.5, 0.6) is 0 Å². The van der Waals surface area contributed by atoms with Gasteiger partial charge in [-0.25, -0.2) is 4.21 Å². The summed E-state index contributed by atoms with van der Waals surface area (Å²) in [7, 11) is -0.0262. The van der Waals surface area contributed by atoms with Crippen LogP contribution in [0.1, 0.15) is 0 Å². The van der Waals surface area contributed by atoms with Gasteiger partial charge in [0.2, 0.25) is 0 Å². The Morgan fingerprint density at radius 2 is 2.20 bits per heavy atom. The van der Waals surface area contributed by atoms with E-state index in [1.807, 2.05) is 0 Å². The topological polar surface area (TPSA) is 43.1 Å². The van der Waals surface area contributed by atoms with Gasteiger partial charge in [-0.05, 0) is 0 Å². The molecule has 0 aliphatic rings. The van der Waals surface area contributed by atoms with Gasteiger partial charge in [0, 0.05) is 17.2 Å². The Kier molecular flexibility index (Phi) is 2.93. The smallest absolute Gasteiger partial charge is 0.0922 e. The Hall–Kier alpha value is 0.460. The molecule has 1 unspecified atom stereocenters. The average Bonchev–Trinajstić information content (AvgIpc) is 1.38. The molecule has 0 saturated carbocycles. The standard InChI is InChI=1S/CH5NOS2/c1-5(3)4-2/h2H2,1H3. The molecule has 0 rings (SSSR count). The monoisotopic (exact) mass is 111 g/mol. The van der Waals surface area contributed by atoms with Crippen molar-refractivity contribution in [2.75, 3.05) is 6.26 Å². The quantitative estimate of drug-likeness (QED) is 0.379. The second kappa shape index (κ2) is 2.68. The molecule has 0 amide bonds. The molecule has 0 bridgehead atoms. The van der Waals surface area contributed by atoms with Crippen LogP contribution in [-0.2, 0) is 9.83 Å². The summed E-state index contributed by atoms with van der Waals surface area (Å²) in [6.45, 7) is 0. The van der Waals surface area contributed by atoms with E-state index in [1.54, 1.807) is 0 Å². The van der Waals surface area contributed by atoms with E-state index in [1.165, 1.54) is 6.26 Å². The Morgan fingerprint density at radius 3 is 2.20 bits per heavy atom. The van der Waals surface area contributed by atoms with Gasteiger partial charge in [-0.2, -0.15) is 0 Å². The van der Waals surface area contributed by atoms with Crippen molar-refractivity contribution in [3.05, 3.63) is 0 Å². The zero-order valence-corrected chi connectivity index (χ0v) is 4.44. The van der Waals surface area contributed by atoms with Crippen LogP contribution in [0.4, 0.5) is 0 Å². The molecule has 5 heavy (non-hydrogen) atoms. The minimum Gasteiger partial charge on any atom is -0.266 e. The first kappa shape index (κ1) is 5.46. The molecule has 0 aliphatic heterocycles. The summed E-state index contributed by atoms with van der Waals surface area (Å²) in [4.78, 5) is 0. The van der Waals surface area contributed by atoms with Gasteiger partial charge in [-0.3, -0.25) is 5.14 Å². The highest BCUT2D eigenvalue weighted by Gasteiger charge is 1.74. The van der Waals surface area contributed by atoms with Crippen LogP contribution in [0.3, 0.4) is 0 Å². The van der Waals surface area contributed by atoms with E-state index in [0.29, 0.717) is 0 Å². The first-order chi connectivity index (χ1) is 2.27. The summed E-state index contributed by atoms with van der Waals surface area (Å²) in [5.41, 5.74) is 0. The molecule has 0 spiro atoms. The SMILES string of the molecule is CS(=O)SN. The highest BCUT2D eigenvalue weighted by atomic mass is 33.1. The van der Waals surface area contributed by atoms with Gasteiger partial charge < -0.3 is 0 Å². The van der Waals surface area contributed by atoms with Crippen LogP contribution >= 0.6 is 11.0 Å². The Bertz CT molecular complexity index is 44.9. The molecule has 2 N–H and O–H groups in total. The molecule has 0 aromatic carbocycles. The largest absolute Gasteiger partial charge is 0.266 e. The van der Waals surface area contributed by atoms with E-state index in [9.17, 15) is 4.21 Å². The van der Waals surface area contributed by atoms with Crippen LogP contribution in [-0.4, -0.2) is 10.5 Å². The third-order valence-corrected chi connectivity index (χ3v) is 1.22. The summed E-state index contributed by atoms with van der Waals surface area (Å²) in [5, 5.41) is 4.79. The van der Waals surface area contributed by atoms with Crippen molar-refractivity contribution >= 4 is 20.8 Å². The van der Waals surface area contributed by atoms with Gasteiger partial charge in [0.1, 0.15) is 0 Å². The average molecular weight is 111 g/mol. The van der Waals surface area contributed by atoms with Crippen molar-refractivity contribution in [1.29, 1.82) is 0 Å². The number of rotatable bonds is 1. The molecule has 0 fully saturated rings. The van der Waals surface area contributed by atoms with Gasteiger partial charge >= 0.3 is 0 Å². The van der Waals surface area contributed by atoms with Gasteiger partial charge in [-0.15, -0.1) is 0 Å². The highest BCUT2D eigenvalue weighted by Crippen LogP contribution is 1.86. The minimum absolute atomic E-state index is 0.852. The lowest BCUT2D eigenvalue weighted by Crippen LogP contribution is -1.81. The third-order valence-electron chi connectivity index (χ3n) is 0.136. The van der Waals surface area contributed by atoms with Crippen LogP contribution in [0.15, 0.2) is 0 Å². The first-order valence-corrected chi connectivity index (χ1v) is 3.93. The van der Waals surface area contributed by atoms with E-state index < -0.39 is 9.83 Å². The number of hydrogen-bond acceptors (Lipinski definition) is 3. The fraction of sp³-hybridized carbons (Fsp3) is 1.00. The minimum atomic E-state index is -0.878. The third kappa shape index (κ3) is 4.46. The van der Waals surface area contributed by atoms with Gasteiger partial charge in [-0.1, -0.05) is 0 Å². The maximum atomic E-state index is 9.76. The zero-order chi connectivity index (χ0) is 4.28. The van der Waals surface area contributed by atoms with Crippen molar-refractivity contribution in [3.63, 3.8) is 0 Å². The van der Waals surface area contributed by atoms with Crippen LogP contribution in [0.2, 0.25) is 0 Å². The van der Waals surface area contributed by atoms with E-state index in [4.69, 9.17) is 5.14 Å². The molecule has 2 nitrogen and oxygen atoms in total. The van der Waals surface area contributed by atoms with Crippen molar-refractivity contribution in [1.82, 2.24) is 0 Å². The molecule has 0 saturated heterocycles. The summed E-state index contributed by atoms with van der Waals surface area (Å²) >= 11 is 0. The van der Waals surface area contributed by atoms with Gasteiger partial charge in [0.15, 0.2) is 0 Å². The van der Waals surface area contributed by atoms with Crippen LogP contribution in [0.25, 0.3) is 0 Å². The zero-order valence-electron chi connectivity index (χ0n) is 2.80. The molecule has 0 aromatic rings. The van der Waals surface area contributed by atoms with E-state index >= 15 is 0 Å². The van der Waals surface area contributed by atoms with Crippen molar-refractivity contribution < 1.29 is 4.21 Å². The molecular formula is CH5NOS2. The van der Waals surface area contributed by atoms with Crippen molar-refractivity contribution in [3.8, 4) is 0 Å². The van der Waals surface area contributed by atoms with E-state index in [2.05, 4.69) is 0 Å². The van der Waals surface area contributed by atoms with Gasteiger partial charge in [0.05, 0.1) is 9.83 Å². The van der Waals surface area contributed by atoms with E-state index in [0.717, 1.165) is 11.0 Å². The predicted molar refractivity (Wildman–Crippen MR) is 25.8 cm³/mol. The maximum absolute atomic E-state index is 9.76. The van der Waals surface area contributed by atoms with Crippen LogP contribution < -0.4 is 5.14 Å². The van der Waals surface area contributed by atoms with Gasteiger partial charge in [0.25, 0.3) is 0 Å². The van der Waals surface area contributed by atoms with Crippen molar-refractivity contribution in [2.24, 2.45) is 5.14 Å². The molecule has 1 atom stereocenters. The fourth-order valence-corrected chi connectivity index (χ4v) is 0. The Balaban J connectivity index is 2.85. The molecule has 0 aliphatic carbocycles. The van der Waals surface area contributed by atoms with Crippen LogP contribution in [0, 0.1) is 0 Å². The summed E-state index contributed by atoms with van der Waals surface area (Å²) in [6, 6.07) is 0. The predicted octanol–water partition coefficient (Wildman–Crippen LogP) is -0.113. The lowest BCUT2D eigenvalue weighted by Gasteiger charge is -1.74. The lowest BCUT2D eigenvalue weighted by molar-refractivity contribution is 0.695. The summed E-state index contributed by atoms with van der Waals surface area (Å²) < 4.78 is 9.76. The molecule has 32 valence electrons. The second-order valence-corrected chi connectivity index (χ2v) is 3.48. The molecule has 0 radical (unpaired) electrons. The normalized spacial score (nSPS) is 14.8. The summed E-state index contributed by atoms with van der Waals surface area (Å²) in [5.74, 6) is 0. The molecular weight excluding hydrogens is 106 g/mol. The van der Waals surface area contributed by atoms with Crippen molar-refractivity contribution in [2.45, 2.75) is 0 Å².